The number of methoxy groups -OCH3 is 1. The zero-order chi connectivity index (χ0) is 23.9. The van der Waals surface area contributed by atoms with Crippen LogP contribution in [0.2, 0.25) is 0 Å². The fourth-order valence-corrected chi connectivity index (χ4v) is 4.52. The maximum absolute atomic E-state index is 13.2. The number of carbonyl (C=O) groups is 2. The molecule has 0 aliphatic carbocycles. The molecule has 178 valence electrons. The van der Waals surface area contributed by atoms with Gasteiger partial charge in [0, 0.05) is 31.2 Å². The summed E-state index contributed by atoms with van der Waals surface area (Å²) in [7, 11) is 1.36. The van der Waals surface area contributed by atoms with Crippen LogP contribution in [0.4, 0.5) is 0 Å². The monoisotopic (exact) mass is 480 g/mol. The van der Waals surface area contributed by atoms with Crippen molar-refractivity contribution in [1.82, 2.24) is 19.8 Å². The Kier molecular flexibility index (Phi) is 7.99. The molecule has 9 heteroatoms. The Hall–Kier alpha value is -3.14. The van der Waals surface area contributed by atoms with Gasteiger partial charge >= 0.3 is 5.97 Å². The van der Waals surface area contributed by atoms with Crippen molar-refractivity contribution in [2.45, 2.75) is 32.7 Å². The topological polar surface area (TPSA) is 84.9 Å². The molecule has 3 heterocycles. The third-order valence-electron chi connectivity index (χ3n) is 5.59. The first-order valence-corrected chi connectivity index (χ1v) is 12.0. The molecule has 1 saturated heterocycles. The maximum atomic E-state index is 13.2. The molecule has 8 nitrogen and oxygen atoms in total. The van der Waals surface area contributed by atoms with Crippen LogP contribution in [-0.2, 0) is 34.0 Å². The fourth-order valence-electron chi connectivity index (χ4n) is 3.91. The van der Waals surface area contributed by atoms with Crippen molar-refractivity contribution in [1.29, 1.82) is 0 Å². The Bertz CT molecular complexity index is 1100. The predicted molar refractivity (Wildman–Crippen MR) is 128 cm³/mol. The summed E-state index contributed by atoms with van der Waals surface area (Å²) in [6, 6.07) is 13.0. The van der Waals surface area contributed by atoms with Gasteiger partial charge < -0.3 is 14.4 Å². The number of nitrogens with zero attached hydrogens (tertiary/aromatic N) is 4. The Morgan fingerprint density at radius 1 is 1.12 bits per heavy atom. The second-order valence-electron chi connectivity index (χ2n) is 8.24. The Labute approximate surface area is 203 Å². The number of hydrogen-bond acceptors (Lipinski definition) is 8. The highest BCUT2D eigenvalue weighted by atomic mass is 32.1. The number of carbonyl (C=O) groups excluding carboxylic acids is 2. The molecule has 1 aliphatic rings. The first-order valence-electron chi connectivity index (χ1n) is 11.1. The number of hydrogen-bond donors (Lipinski definition) is 0. The minimum atomic E-state index is -0.368. The lowest BCUT2D eigenvalue weighted by molar-refractivity contribution is -0.132. The lowest BCUT2D eigenvalue weighted by Crippen LogP contribution is -2.37. The second kappa shape index (κ2) is 11.3. The zero-order valence-electron chi connectivity index (χ0n) is 19.3. The number of pyridine rings is 1. The molecule has 2 aromatic heterocycles. The quantitative estimate of drug-likeness (QED) is 0.458. The molecule has 0 saturated carbocycles. The number of aryl methyl sites for hydroxylation is 1. The van der Waals surface area contributed by atoms with Crippen LogP contribution in [-0.4, -0.2) is 64.5 Å². The summed E-state index contributed by atoms with van der Waals surface area (Å²) in [5, 5.41) is 2.98. The van der Waals surface area contributed by atoms with Crippen molar-refractivity contribution in [2.75, 3.05) is 26.7 Å². The molecule has 1 atom stereocenters. The summed E-state index contributed by atoms with van der Waals surface area (Å²) in [6.45, 7) is 4.75. The SMILES string of the molecule is COC(=O)c1ccc(CN2CC(=O)N(Cc3csc(C)n3)CC(OCc3ccccn3)C2)cc1. The highest BCUT2D eigenvalue weighted by Crippen LogP contribution is 2.17. The van der Waals surface area contributed by atoms with Gasteiger partial charge in [0.25, 0.3) is 0 Å². The van der Waals surface area contributed by atoms with Gasteiger partial charge in [0.15, 0.2) is 0 Å². The Morgan fingerprint density at radius 2 is 1.94 bits per heavy atom. The summed E-state index contributed by atoms with van der Waals surface area (Å²) in [6.07, 6.45) is 1.57. The molecule has 0 radical (unpaired) electrons. The summed E-state index contributed by atoms with van der Waals surface area (Å²) in [4.78, 5) is 37.7. The third kappa shape index (κ3) is 6.47. The van der Waals surface area contributed by atoms with Crippen molar-refractivity contribution >= 4 is 23.2 Å². The molecule has 1 aromatic carbocycles. The molecule has 1 unspecified atom stereocenters. The number of aromatic nitrogens is 2. The maximum Gasteiger partial charge on any atom is 0.337 e. The molecule has 4 rings (SSSR count). The van der Waals surface area contributed by atoms with Crippen molar-refractivity contribution in [3.63, 3.8) is 0 Å². The lowest BCUT2D eigenvalue weighted by Gasteiger charge is -2.24. The van der Waals surface area contributed by atoms with E-state index in [9.17, 15) is 9.59 Å². The Balaban J connectivity index is 1.47. The van der Waals surface area contributed by atoms with Crippen LogP contribution in [0.15, 0.2) is 54.0 Å². The van der Waals surface area contributed by atoms with Gasteiger partial charge in [-0.3, -0.25) is 14.7 Å². The average Bonchev–Trinajstić information content (AvgIpc) is 3.20. The van der Waals surface area contributed by atoms with Crippen LogP contribution in [0.5, 0.6) is 0 Å². The molecular weight excluding hydrogens is 452 g/mol. The third-order valence-corrected chi connectivity index (χ3v) is 6.41. The van der Waals surface area contributed by atoms with E-state index in [0.29, 0.717) is 38.3 Å². The smallest absolute Gasteiger partial charge is 0.337 e. The first kappa shape index (κ1) is 24.0. The van der Waals surface area contributed by atoms with Crippen molar-refractivity contribution in [3.05, 3.63) is 81.6 Å². The molecule has 34 heavy (non-hydrogen) atoms. The molecule has 1 aliphatic heterocycles. The average molecular weight is 481 g/mol. The van der Waals surface area contributed by atoms with Crippen LogP contribution in [0, 0.1) is 6.92 Å². The van der Waals surface area contributed by atoms with Crippen LogP contribution in [0.25, 0.3) is 0 Å². The molecule has 0 bridgehead atoms. The van der Waals surface area contributed by atoms with Gasteiger partial charge in [0.05, 0.1) is 54.9 Å². The van der Waals surface area contributed by atoms with Crippen molar-refractivity contribution < 1.29 is 19.1 Å². The van der Waals surface area contributed by atoms with Gasteiger partial charge in [-0.05, 0) is 36.8 Å². The van der Waals surface area contributed by atoms with E-state index in [4.69, 9.17) is 9.47 Å². The normalized spacial score (nSPS) is 16.9. The number of thiazole rings is 1. The fraction of sp³-hybridized carbons (Fsp3) is 0.360. The van der Waals surface area contributed by atoms with Crippen molar-refractivity contribution in [3.8, 4) is 0 Å². The number of rotatable bonds is 8. The van der Waals surface area contributed by atoms with Gasteiger partial charge in [-0.15, -0.1) is 11.3 Å². The van der Waals surface area contributed by atoms with Crippen molar-refractivity contribution in [2.24, 2.45) is 0 Å². The van der Waals surface area contributed by atoms with Gasteiger partial charge in [-0.2, -0.15) is 0 Å². The largest absolute Gasteiger partial charge is 0.465 e. The van der Waals surface area contributed by atoms with E-state index < -0.39 is 0 Å². The molecule has 1 amide bonds. The van der Waals surface area contributed by atoms with E-state index in [1.54, 1.807) is 29.7 Å². The zero-order valence-corrected chi connectivity index (χ0v) is 20.2. The van der Waals surface area contributed by atoms with Gasteiger partial charge in [-0.25, -0.2) is 9.78 Å². The summed E-state index contributed by atoms with van der Waals surface area (Å²) in [5.74, 6) is -0.326. The molecule has 1 fully saturated rings. The van der Waals surface area contributed by atoms with Crippen LogP contribution in [0.1, 0.15) is 32.3 Å². The number of benzene rings is 1. The lowest BCUT2D eigenvalue weighted by atomic mass is 10.1. The molecule has 0 N–H and O–H groups in total. The summed E-state index contributed by atoms with van der Waals surface area (Å²) in [5.41, 5.74) is 3.25. The van der Waals surface area contributed by atoms with Crippen LogP contribution in [0.3, 0.4) is 0 Å². The minimum Gasteiger partial charge on any atom is -0.465 e. The standard InChI is InChI=1S/C25H28N4O4S/c1-18-27-22(17-34-18)12-29-14-23(33-16-21-5-3-4-10-26-21)13-28(15-24(29)30)11-19-6-8-20(9-7-19)25(31)32-2/h3-10,17,23H,11-16H2,1-2H3. The van der Waals surface area contributed by atoms with E-state index >= 15 is 0 Å². The van der Waals surface area contributed by atoms with E-state index in [2.05, 4.69) is 14.9 Å². The Morgan fingerprint density at radius 3 is 2.62 bits per heavy atom. The predicted octanol–water partition coefficient (Wildman–Crippen LogP) is 3.06. The summed E-state index contributed by atoms with van der Waals surface area (Å²) < 4.78 is 11.0. The second-order valence-corrected chi connectivity index (χ2v) is 9.31. The number of ether oxygens (including phenoxy) is 2. The van der Waals surface area contributed by atoms with E-state index in [1.807, 2.05) is 47.5 Å². The minimum absolute atomic E-state index is 0.0424. The first-order chi connectivity index (χ1) is 16.5. The van der Waals surface area contributed by atoms with Gasteiger partial charge in [0.2, 0.25) is 5.91 Å². The number of esters is 1. The number of amides is 1. The molecule has 0 spiro atoms. The van der Waals surface area contributed by atoms with E-state index in [1.165, 1.54) is 7.11 Å². The van der Waals surface area contributed by atoms with Gasteiger partial charge in [-0.1, -0.05) is 18.2 Å². The van der Waals surface area contributed by atoms with Gasteiger partial charge in [0.1, 0.15) is 0 Å². The highest BCUT2D eigenvalue weighted by Gasteiger charge is 2.29. The van der Waals surface area contributed by atoms with Crippen LogP contribution >= 0.6 is 11.3 Å². The molecular formula is C25H28N4O4S. The van der Waals surface area contributed by atoms with E-state index in [-0.39, 0.29) is 24.5 Å². The van der Waals surface area contributed by atoms with E-state index in [0.717, 1.165) is 22.0 Å². The molecule has 3 aromatic rings. The highest BCUT2D eigenvalue weighted by molar-refractivity contribution is 7.09. The summed E-state index contributed by atoms with van der Waals surface area (Å²) >= 11 is 1.58. The van der Waals surface area contributed by atoms with Crippen LogP contribution < -0.4 is 0 Å².